The molecule has 0 saturated heterocycles. The summed E-state index contributed by atoms with van der Waals surface area (Å²) in [5.74, 6) is 3.03. The van der Waals surface area contributed by atoms with Gasteiger partial charge in [0.15, 0.2) is 11.5 Å². The molecule has 0 saturated carbocycles. The first-order valence-corrected chi connectivity index (χ1v) is 7.35. The van der Waals surface area contributed by atoms with Crippen LogP contribution in [0.1, 0.15) is 51.3 Å². The van der Waals surface area contributed by atoms with Crippen molar-refractivity contribution in [1.82, 2.24) is 9.97 Å². The van der Waals surface area contributed by atoms with E-state index in [1.54, 1.807) is 14.2 Å². The molecule has 20 heavy (non-hydrogen) atoms. The highest BCUT2D eigenvalue weighted by atomic mass is 16.5. The first-order valence-electron chi connectivity index (χ1n) is 7.35. The Hall–Kier alpha value is -1.71. The van der Waals surface area contributed by atoms with E-state index in [0.717, 1.165) is 34.8 Å². The van der Waals surface area contributed by atoms with Crippen molar-refractivity contribution in [3.8, 4) is 11.5 Å². The fourth-order valence-electron chi connectivity index (χ4n) is 2.53. The molecule has 4 nitrogen and oxygen atoms in total. The van der Waals surface area contributed by atoms with Crippen LogP contribution >= 0.6 is 0 Å². The summed E-state index contributed by atoms with van der Waals surface area (Å²) in [4.78, 5) is 8.16. The van der Waals surface area contributed by atoms with E-state index < -0.39 is 0 Å². The summed E-state index contributed by atoms with van der Waals surface area (Å²) >= 11 is 0. The number of unbranched alkanes of at least 4 members (excludes halogenated alkanes) is 1. The fourth-order valence-corrected chi connectivity index (χ4v) is 2.53. The SMILES string of the molecule is CCCCC(CC)c1nc2cc(OC)c(OC)cc2[nH]1. The standard InChI is InChI=1S/C16H24N2O2/c1-5-7-8-11(6-2)16-17-12-9-14(19-3)15(20-4)10-13(12)18-16/h9-11H,5-8H2,1-4H3,(H,17,18). The smallest absolute Gasteiger partial charge is 0.163 e. The molecule has 0 fully saturated rings. The van der Waals surface area contributed by atoms with Gasteiger partial charge >= 0.3 is 0 Å². The molecule has 1 atom stereocenters. The molecule has 0 bridgehead atoms. The third-order valence-electron chi connectivity index (χ3n) is 3.79. The predicted octanol–water partition coefficient (Wildman–Crippen LogP) is 4.26. The number of methoxy groups -OCH3 is 2. The average Bonchev–Trinajstić information content (AvgIpc) is 2.89. The molecule has 110 valence electrons. The molecule has 0 radical (unpaired) electrons. The van der Waals surface area contributed by atoms with E-state index in [-0.39, 0.29) is 0 Å². The average molecular weight is 276 g/mol. The number of imidazole rings is 1. The van der Waals surface area contributed by atoms with Gasteiger partial charge in [-0.05, 0) is 12.8 Å². The largest absolute Gasteiger partial charge is 0.493 e. The molecule has 0 aliphatic rings. The second-order valence-corrected chi connectivity index (χ2v) is 5.09. The van der Waals surface area contributed by atoms with Gasteiger partial charge in [0, 0.05) is 18.1 Å². The van der Waals surface area contributed by atoms with Gasteiger partial charge in [-0.2, -0.15) is 0 Å². The molecular formula is C16H24N2O2. The minimum absolute atomic E-state index is 0.499. The van der Waals surface area contributed by atoms with Gasteiger partial charge < -0.3 is 14.5 Å². The monoisotopic (exact) mass is 276 g/mol. The predicted molar refractivity (Wildman–Crippen MR) is 81.8 cm³/mol. The highest BCUT2D eigenvalue weighted by Crippen LogP contribution is 2.33. The third kappa shape index (κ3) is 2.89. The first-order chi connectivity index (χ1) is 9.73. The Bertz CT molecular complexity index is 522. The van der Waals surface area contributed by atoms with Crippen LogP contribution in [0.15, 0.2) is 12.1 Å². The van der Waals surface area contributed by atoms with Crippen molar-refractivity contribution in [2.24, 2.45) is 0 Å². The van der Waals surface area contributed by atoms with Crippen LogP contribution in [0.3, 0.4) is 0 Å². The lowest BCUT2D eigenvalue weighted by atomic mass is 9.99. The molecule has 1 heterocycles. The molecule has 0 aliphatic heterocycles. The van der Waals surface area contributed by atoms with E-state index in [4.69, 9.17) is 14.5 Å². The Balaban J connectivity index is 2.36. The summed E-state index contributed by atoms with van der Waals surface area (Å²) in [5.41, 5.74) is 1.94. The number of hydrogen-bond donors (Lipinski definition) is 1. The Morgan fingerprint density at radius 1 is 1.15 bits per heavy atom. The van der Waals surface area contributed by atoms with Crippen molar-refractivity contribution in [3.05, 3.63) is 18.0 Å². The van der Waals surface area contributed by atoms with Gasteiger partial charge in [0.1, 0.15) is 5.82 Å². The molecular weight excluding hydrogens is 252 g/mol. The molecule has 2 rings (SSSR count). The van der Waals surface area contributed by atoms with Crippen molar-refractivity contribution in [2.75, 3.05) is 14.2 Å². The number of benzene rings is 1. The molecule has 1 N–H and O–H groups in total. The van der Waals surface area contributed by atoms with Crippen LogP contribution < -0.4 is 9.47 Å². The van der Waals surface area contributed by atoms with Gasteiger partial charge in [-0.25, -0.2) is 4.98 Å². The highest BCUT2D eigenvalue weighted by molar-refractivity contribution is 5.79. The zero-order valence-corrected chi connectivity index (χ0v) is 12.8. The van der Waals surface area contributed by atoms with Crippen molar-refractivity contribution in [2.45, 2.75) is 45.4 Å². The molecule has 1 aromatic carbocycles. The van der Waals surface area contributed by atoms with Crippen molar-refractivity contribution in [1.29, 1.82) is 0 Å². The number of aromatic nitrogens is 2. The number of rotatable bonds is 7. The van der Waals surface area contributed by atoms with Gasteiger partial charge in [0.05, 0.1) is 25.3 Å². The maximum Gasteiger partial charge on any atom is 0.163 e. The van der Waals surface area contributed by atoms with E-state index in [1.165, 1.54) is 19.3 Å². The summed E-state index contributed by atoms with van der Waals surface area (Å²) in [5, 5.41) is 0. The lowest BCUT2D eigenvalue weighted by molar-refractivity contribution is 0.356. The number of ether oxygens (including phenoxy) is 2. The van der Waals surface area contributed by atoms with Crippen LogP contribution in [-0.2, 0) is 0 Å². The topological polar surface area (TPSA) is 47.1 Å². The van der Waals surface area contributed by atoms with E-state index in [0.29, 0.717) is 5.92 Å². The van der Waals surface area contributed by atoms with E-state index >= 15 is 0 Å². The molecule has 4 heteroatoms. The second kappa shape index (κ2) is 6.64. The number of hydrogen-bond acceptors (Lipinski definition) is 3. The van der Waals surface area contributed by atoms with Gasteiger partial charge in [0.2, 0.25) is 0 Å². The van der Waals surface area contributed by atoms with E-state index in [9.17, 15) is 0 Å². The van der Waals surface area contributed by atoms with Crippen LogP contribution in [0.4, 0.5) is 0 Å². The Morgan fingerprint density at radius 2 is 1.85 bits per heavy atom. The number of nitrogens with one attached hydrogen (secondary N) is 1. The van der Waals surface area contributed by atoms with Gasteiger partial charge in [-0.15, -0.1) is 0 Å². The molecule has 1 unspecified atom stereocenters. The highest BCUT2D eigenvalue weighted by Gasteiger charge is 2.15. The van der Waals surface area contributed by atoms with Gasteiger partial charge in [-0.3, -0.25) is 0 Å². The van der Waals surface area contributed by atoms with Crippen LogP contribution in [0.5, 0.6) is 11.5 Å². The van der Waals surface area contributed by atoms with E-state index in [1.807, 2.05) is 12.1 Å². The summed E-state index contributed by atoms with van der Waals surface area (Å²) in [6.07, 6.45) is 4.75. The molecule has 0 spiro atoms. The first kappa shape index (κ1) is 14.7. The summed E-state index contributed by atoms with van der Waals surface area (Å²) < 4.78 is 10.7. The quantitative estimate of drug-likeness (QED) is 0.821. The zero-order chi connectivity index (χ0) is 14.5. The normalized spacial score (nSPS) is 12.6. The van der Waals surface area contributed by atoms with Crippen LogP contribution in [-0.4, -0.2) is 24.2 Å². The number of aromatic amines is 1. The summed E-state index contributed by atoms with van der Waals surface area (Å²) in [6.45, 7) is 4.44. The van der Waals surface area contributed by atoms with Crippen LogP contribution in [0, 0.1) is 0 Å². The summed E-state index contributed by atoms with van der Waals surface area (Å²) in [6, 6.07) is 3.89. The second-order valence-electron chi connectivity index (χ2n) is 5.09. The lowest BCUT2D eigenvalue weighted by Crippen LogP contribution is -1.99. The third-order valence-corrected chi connectivity index (χ3v) is 3.79. The van der Waals surface area contributed by atoms with Crippen molar-refractivity contribution < 1.29 is 9.47 Å². The van der Waals surface area contributed by atoms with Crippen molar-refractivity contribution >= 4 is 11.0 Å². The zero-order valence-electron chi connectivity index (χ0n) is 12.8. The summed E-state index contributed by atoms with van der Waals surface area (Å²) in [7, 11) is 3.30. The Labute approximate surface area is 120 Å². The maximum absolute atomic E-state index is 5.33. The Morgan fingerprint density at radius 3 is 2.45 bits per heavy atom. The molecule has 2 aromatic rings. The lowest BCUT2D eigenvalue weighted by Gasteiger charge is -2.10. The maximum atomic E-state index is 5.33. The van der Waals surface area contributed by atoms with E-state index in [2.05, 4.69) is 18.8 Å². The number of fused-ring (bicyclic) bond motifs is 1. The minimum atomic E-state index is 0.499. The van der Waals surface area contributed by atoms with Crippen LogP contribution in [0.2, 0.25) is 0 Å². The fraction of sp³-hybridized carbons (Fsp3) is 0.562. The van der Waals surface area contributed by atoms with Crippen molar-refractivity contribution in [3.63, 3.8) is 0 Å². The molecule has 1 aromatic heterocycles. The Kier molecular flexibility index (Phi) is 4.88. The van der Waals surface area contributed by atoms with Gasteiger partial charge in [0.25, 0.3) is 0 Å². The number of H-pyrrole nitrogens is 1. The minimum Gasteiger partial charge on any atom is -0.493 e. The number of nitrogens with zero attached hydrogens (tertiary/aromatic N) is 1. The van der Waals surface area contributed by atoms with Gasteiger partial charge in [-0.1, -0.05) is 26.7 Å². The molecule has 0 amide bonds. The van der Waals surface area contributed by atoms with Crippen LogP contribution in [0.25, 0.3) is 11.0 Å². The molecule has 0 aliphatic carbocycles.